The van der Waals surface area contributed by atoms with E-state index in [0.717, 1.165) is 5.56 Å². The van der Waals surface area contributed by atoms with E-state index in [-0.39, 0.29) is 36.6 Å². The summed E-state index contributed by atoms with van der Waals surface area (Å²) in [6.45, 7) is 13.3. The average molecular weight is 445 g/mol. The summed E-state index contributed by atoms with van der Waals surface area (Å²) in [4.78, 5) is 40.7. The van der Waals surface area contributed by atoms with Crippen molar-refractivity contribution in [3.63, 3.8) is 0 Å². The molecule has 6 nitrogen and oxygen atoms in total. The van der Waals surface area contributed by atoms with Crippen molar-refractivity contribution in [2.75, 3.05) is 6.61 Å². The van der Waals surface area contributed by atoms with E-state index in [1.54, 1.807) is 58.2 Å². The van der Waals surface area contributed by atoms with Crippen LogP contribution >= 0.6 is 0 Å². The predicted molar refractivity (Wildman–Crippen MR) is 121 cm³/mol. The fourth-order valence-corrected chi connectivity index (χ4v) is 3.99. The van der Waals surface area contributed by atoms with Crippen LogP contribution in [-0.4, -0.2) is 39.8 Å². The molecule has 0 saturated carbocycles. The van der Waals surface area contributed by atoms with Crippen LogP contribution in [0.25, 0.3) is 0 Å². The molecule has 7 heteroatoms. The van der Waals surface area contributed by atoms with Crippen LogP contribution in [0.2, 0.25) is 0 Å². The molecular formula is C25H33FN2O4. The highest BCUT2D eigenvalue weighted by atomic mass is 19.1. The third-order valence-electron chi connectivity index (χ3n) is 5.69. The Morgan fingerprint density at radius 3 is 2.16 bits per heavy atom. The molecule has 1 amide bonds. The number of hydrogen-bond acceptors (Lipinski definition) is 4. The Kier molecular flexibility index (Phi) is 8.36. The summed E-state index contributed by atoms with van der Waals surface area (Å²) >= 11 is 0. The average Bonchev–Trinajstić information content (AvgIpc) is 3.01. The molecule has 0 aliphatic heterocycles. The number of ether oxygens (including phenoxy) is 1. The second-order valence-corrected chi connectivity index (χ2v) is 8.19. The number of benzene rings is 1. The third kappa shape index (κ3) is 5.09. The number of aromatic nitrogens is 1. The van der Waals surface area contributed by atoms with E-state index in [9.17, 15) is 18.8 Å². The summed E-state index contributed by atoms with van der Waals surface area (Å²) in [6, 6.07) is 5.11. The largest absolute Gasteiger partial charge is 0.461 e. The molecule has 1 aromatic carbocycles. The van der Waals surface area contributed by atoms with Gasteiger partial charge in [-0.25, -0.2) is 9.18 Å². The summed E-state index contributed by atoms with van der Waals surface area (Å²) in [5.74, 6) is -1.57. The van der Waals surface area contributed by atoms with Crippen LogP contribution in [0, 0.1) is 25.6 Å². The Hall–Kier alpha value is -2.96. The van der Waals surface area contributed by atoms with Gasteiger partial charge in [-0.2, -0.15) is 0 Å². The zero-order valence-corrected chi connectivity index (χ0v) is 20.0. The van der Waals surface area contributed by atoms with Crippen LogP contribution in [0.5, 0.6) is 0 Å². The molecule has 1 atom stereocenters. The van der Waals surface area contributed by atoms with Crippen molar-refractivity contribution >= 4 is 17.7 Å². The topological polar surface area (TPSA) is 68.6 Å². The lowest BCUT2D eigenvalue weighted by Gasteiger charge is -2.30. The minimum Gasteiger partial charge on any atom is -0.461 e. The Bertz CT molecular complexity index is 992. The minimum absolute atomic E-state index is 0.175. The number of hydrogen-bond donors (Lipinski definition) is 0. The molecule has 174 valence electrons. The molecule has 0 fully saturated rings. The maximum Gasteiger partial charge on any atom is 0.355 e. The molecule has 2 aromatic rings. The van der Waals surface area contributed by atoms with Gasteiger partial charge in [0, 0.05) is 30.3 Å². The minimum atomic E-state index is -0.768. The molecule has 1 heterocycles. The van der Waals surface area contributed by atoms with Gasteiger partial charge in [-0.1, -0.05) is 26.0 Å². The van der Waals surface area contributed by atoms with E-state index >= 15 is 0 Å². The van der Waals surface area contributed by atoms with Gasteiger partial charge >= 0.3 is 5.97 Å². The number of esters is 1. The SMILES string of the molecule is CCOC(=O)c1c(C)c(C(=O)[C@@H](C)N(Cc2ccc(F)cc2)C(=O)C(C)C)c(C)n1CC. The van der Waals surface area contributed by atoms with Crippen LogP contribution in [0.1, 0.15) is 72.3 Å². The van der Waals surface area contributed by atoms with Gasteiger partial charge in [-0.15, -0.1) is 0 Å². The molecule has 0 spiro atoms. The normalized spacial score (nSPS) is 12.0. The molecule has 0 aliphatic rings. The Labute approximate surface area is 189 Å². The van der Waals surface area contributed by atoms with Crippen LogP contribution < -0.4 is 0 Å². The van der Waals surface area contributed by atoms with Gasteiger partial charge in [-0.3, -0.25) is 9.59 Å². The number of nitrogens with zero attached hydrogens (tertiary/aromatic N) is 2. The van der Waals surface area contributed by atoms with E-state index < -0.39 is 12.0 Å². The van der Waals surface area contributed by atoms with Crippen molar-refractivity contribution in [2.45, 2.75) is 67.6 Å². The van der Waals surface area contributed by atoms with Crippen molar-refractivity contribution < 1.29 is 23.5 Å². The van der Waals surface area contributed by atoms with Gasteiger partial charge in [0.05, 0.1) is 12.6 Å². The molecule has 0 bridgehead atoms. The molecule has 32 heavy (non-hydrogen) atoms. The molecule has 2 rings (SSSR count). The summed E-state index contributed by atoms with van der Waals surface area (Å²) in [6.07, 6.45) is 0. The maximum atomic E-state index is 13.6. The first-order valence-electron chi connectivity index (χ1n) is 11.0. The van der Waals surface area contributed by atoms with E-state index in [2.05, 4.69) is 0 Å². The molecule has 0 unspecified atom stereocenters. The van der Waals surface area contributed by atoms with Crippen molar-refractivity contribution in [1.82, 2.24) is 9.47 Å². The third-order valence-corrected chi connectivity index (χ3v) is 5.69. The van der Waals surface area contributed by atoms with Gasteiger partial charge in [0.2, 0.25) is 5.91 Å². The smallest absolute Gasteiger partial charge is 0.355 e. The summed E-state index contributed by atoms with van der Waals surface area (Å²) in [7, 11) is 0. The fraction of sp³-hybridized carbons (Fsp3) is 0.480. The van der Waals surface area contributed by atoms with Gasteiger partial charge in [0.1, 0.15) is 11.5 Å². The van der Waals surface area contributed by atoms with E-state index in [1.165, 1.54) is 17.0 Å². The number of carbonyl (C=O) groups is 3. The number of carbonyl (C=O) groups excluding carboxylic acids is 3. The van der Waals surface area contributed by atoms with E-state index in [0.29, 0.717) is 29.1 Å². The Morgan fingerprint density at radius 1 is 1.06 bits per heavy atom. The predicted octanol–water partition coefficient (Wildman–Crippen LogP) is 4.70. The van der Waals surface area contributed by atoms with Gasteiger partial charge < -0.3 is 14.2 Å². The highest BCUT2D eigenvalue weighted by molar-refractivity contribution is 6.06. The van der Waals surface area contributed by atoms with Gasteiger partial charge in [-0.05, 0) is 57.9 Å². The van der Waals surface area contributed by atoms with Crippen LogP contribution in [0.4, 0.5) is 4.39 Å². The zero-order valence-electron chi connectivity index (χ0n) is 20.0. The first-order chi connectivity index (χ1) is 15.0. The lowest BCUT2D eigenvalue weighted by molar-refractivity contribution is -0.136. The molecule has 0 saturated heterocycles. The number of amides is 1. The maximum absolute atomic E-state index is 13.6. The van der Waals surface area contributed by atoms with Crippen molar-refractivity contribution in [3.05, 3.63) is 58.2 Å². The summed E-state index contributed by atoms with van der Waals surface area (Å²) in [5, 5.41) is 0. The van der Waals surface area contributed by atoms with Crippen molar-refractivity contribution in [1.29, 1.82) is 0 Å². The Morgan fingerprint density at radius 2 is 1.66 bits per heavy atom. The van der Waals surface area contributed by atoms with E-state index in [4.69, 9.17) is 4.74 Å². The highest BCUT2D eigenvalue weighted by Gasteiger charge is 2.33. The van der Waals surface area contributed by atoms with E-state index in [1.807, 2.05) is 6.92 Å². The number of halogens is 1. The monoisotopic (exact) mass is 444 g/mol. The fourth-order valence-electron chi connectivity index (χ4n) is 3.99. The second-order valence-electron chi connectivity index (χ2n) is 8.19. The van der Waals surface area contributed by atoms with Crippen LogP contribution in [-0.2, 0) is 22.6 Å². The quantitative estimate of drug-likeness (QED) is 0.415. The Balaban J connectivity index is 2.49. The number of ketones is 1. The molecular weight excluding hydrogens is 411 g/mol. The lowest BCUT2D eigenvalue weighted by atomic mass is 9.98. The molecule has 0 N–H and O–H groups in total. The van der Waals surface area contributed by atoms with Crippen LogP contribution in [0.3, 0.4) is 0 Å². The molecule has 1 aromatic heterocycles. The van der Waals surface area contributed by atoms with Crippen LogP contribution in [0.15, 0.2) is 24.3 Å². The first kappa shape index (κ1) is 25.3. The molecule has 0 aliphatic carbocycles. The number of rotatable bonds is 9. The zero-order chi connectivity index (χ0) is 24.2. The van der Waals surface area contributed by atoms with Gasteiger partial charge in [0.25, 0.3) is 0 Å². The standard InChI is InChI=1S/C25H33FN2O4/c1-8-27-17(6)21(16(5)22(27)25(31)32-9-2)23(29)18(7)28(24(30)15(3)4)14-19-10-12-20(26)13-11-19/h10-13,15,18H,8-9,14H2,1-7H3/t18-/m1/s1. The van der Waals surface area contributed by atoms with Crippen molar-refractivity contribution in [2.24, 2.45) is 5.92 Å². The molecule has 0 radical (unpaired) electrons. The van der Waals surface area contributed by atoms with Crippen molar-refractivity contribution in [3.8, 4) is 0 Å². The highest BCUT2D eigenvalue weighted by Crippen LogP contribution is 2.26. The second kappa shape index (κ2) is 10.6. The van der Waals surface area contributed by atoms with Gasteiger partial charge in [0.15, 0.2) is 5.78 Å². The summed E-state index contributed by atoms with van der Waals surface area (Å²) < 4.78 is 20.3. The summed E-state index contributed by atoms with van der Waals surface area (Å²) in [5.41, 5.74) is 2.75. The lowest BCUT2D eigenvalue weighted by Crippen LogP contribution is -2.45. The number of Topliss-reactive ketones (excluding diaryl/α,β-unsaturated/α-hetero) is 1. The first-order valence-corrected chi connectivity index (χ1v) is 11.0.